The van der Waals surface area contributed by atoms with E-state index in [4.69, 9.17) is 4.74 Å². The molecule has 0 atom stereocenters. The van der Waals surface area contributed by atoms with Gasteiger partial charge in [0.25, 0.3) is 0 Å². The molecule has 2 nitrogen and oxygen atoms in total. The van der Waals surface area contributed by atoms with Crippen molar-refractivity contribution in [2.24, 2.45) is 10.8 Å². The van der Waals surface area contributed by atoms with Crippen molar-refractivity contribution >= 4 is 0 Å². The maximum atomic E-state index is 6.05. The van der Waals surface area contributed by atoms with Crippen LogP contribution < -0.4 is 5.32 Å². The molecule has 0 aromatic rings. The van der Waals surface area contributed by atoms with E-state index in [9.17, 15) is 0 Å². The lowest BCUT2D eigenvalue weighted by Gasteiger charge is -2.35. The fraction of sp³-hybridized carbons (Fsp3) is 1.00. The predicted octanol–water partition coefficient (Wildman–Crippen LogP) is 3.22. The van der Waals surface area contributed by atoms with Gasteiger partial charge in [-0.3, -0.25) is 0 Å². The summed E-state index contributed by atoms with van der Waals surface area (Å²) >= 11 is 0. The average molecular weight is 227 g/mol. The zero-order valence-corrected chi connectivity index (χ0v) is 11.7. The van der Waals surface area contributed by atoms with Gasteiger partial charge in [-0.15, -0.1) is 0 Å². The maximum Gasteiger partial charge on any atom is 0.0575 e. The minimum absolute atomic E-state index is 0.252. The first-order valence-electron chi connectivity index (χ1n) is 6.61. The first kappa shape index (κ1) is 14.0. The van der Waals surface area contributed by atoms with Crippen LogP contribution in [0.4, 0.5) is 0 Å². The normalized spacial score (nSPS) is 22.3. The summed E-state index contributed by atoms with van der Waals surface area (Å²) in [6.45, 7) is 11.2. The van der Waals surface area contributed by atoms with Crippen molar-refractivity contribution in [2.75, 3.05) is 20.2 Å². The van der Waals surface area contributed by atoms with Crippen LogP contribution in [0.3, 0.4) is 0 Å². The molecule has 1 rings (SSSR count). The van der Waals surface area contributed by atoms with Gasteiger partial charge in [0.05, 0.1) is 12.7 Å². The smallest absolute Gasteiger partial charge is 0.0575 e. The highest BCUT2D eigenvalue weighted by Gasteiger charge is 2.28. The minimum atomic E-state index is 0.252. The number of hydrogen-bond acceptors (Lipinski definition) is 2. The van der Waals surface area contributed by atoms with E-state index < -0.39 is 0 Å². The molecule has 0 saturated heterocycles. The SMILES string of the molecule is CNCC(C)(C)COC1CCC(C)(C)CC1. The molecule has 0 aliphatic heterocycles. The van der Waals surface area contributed by atoms with Crippen LogP contribution in [-0.2, 0) is 4.74 Å². The summed E-state index contributed by atoms with van der Waals surface area (Å²) in [7, 11) is 2.00. The quantitative estimate of drug-likeness (QED) is 0.778. The first-order chi connectivity index (χ1) is 7.35. The fourth-order valence-corrected chi connectivity index (χ4v) is 2.41. The maximum absolute atomic E-state index is 6.05. The Labute approximate surface area is 101 Å². The molecule has 2 heteroatoms. The van der Waals surface area contributed by atoms with Gasteiger partial charge in [0.2, 0.25) is 0 Å². The van der Waals surface area contributed by atoms with Gasteiger partial charge in [-0.2, -0.15) is 0 Å². The lowest BCUT2D eigenvalue weighted by molar-refractivity contribution is -0.0301. The molecule has 0 heterocycles. The second-order valence-corrected chi connectivity index (χ2v) is 6.87. The molecule has 1 fully saturated rings. The summed E-state index contributed by atoms with van der Waals surface area (Å²) in [5.41, 5.74) is 0.794. The highest BCUT2D eigenvalue weighted by Crippen LogP contribution is 2.36. The monoisotopic (exact) mass is 227 g/mol. The molecule has 0 aromatic heterocycles. The zero-order valence-electron chi connectivity index (χ0n) is 11.7. The molecule has 1 aliphatic carbocycles. The largest absolute Gasteiger partial charge is 0.378 e. The van der Waals surface area contributed by atoms with Crippen molar-refractivity contribution in [3.8, 4) is 0 Å². The van der Waals surface area contributed by atoms with Gasteiger partial charge in [-0.25, -0.2) is 0 Å². The minimum Gasteiger partial charge on any atom is -0.378 e. The number of rotatable bonds is 5. The third kappa shape index (κ3) is 4.84. The van der Waals surface area contributed by atoms with Crippen LogP contribution in [0.1, 0.15) is 53.4 Å². The number of ether oxygens (including phenoxy) is 1. The Morgan fingerprint density at radius 1 is 1.25 bits per heavy atom. The Kier molecular flexibility index (Phi) is 4.81. The van der Waals surface area contributed by atoms with Gasteiger partial charge < -0.3 is 10.1 Å². The molecule has 0 radical (unpaired) electrons. The summed E-state index contributed by atoms with van der Waals surface area (Å²) in [6.07, 6.45) is 5.60. The van der Waals surface area contributed by atoms with Crippen LogP contribution in [0.25, 0.3) is 0 Å². The Hall–Kier alpha value is -0.0800. The van der Waals surface area contributed by atoms with E-state index in [1.165, 1.54) is 25.7 Å². The summed E-state index contributed by atoms with van der Waals surface area (Å²) in [4.78, 5) is 0. The van der Waals surface area contributed by atoms with E-state index in [2.05, 4.69) is 33.0 Å². The average Bonchev–Trinajstić information content (AvgIpc) is 2.16. The van der Waals surface area contributed by atoms with E-state index in [1.807, 2.05) is 7.05 Å². The van der Waals surface area contributed by atoms with E-state index >= 15 is 0 Å². The van der Waals surface area contributed by atoms with Gasteiger partial charge in [0, 0.05) is 12.0 Å². The zero-order chi connectivity index (χ0) is 12.2. The second-order valence-electron chi connectivity index (χ2n) is 6.87. The molecule has 0 amide bonds. The third-order valence-corrected chi connectivity index (χ3v) is 3.65. The summed E-state index contributed by atoms with van der Waals surface area (Å²) in [5, 5.41) is 3.23. The number of nitrogens with one attached hydrogen (secondary N) is 1. The topological polar surface area (TPSA) is 21.3 Å². The van der Waals surface area contributed by atoms with Crippen molar-refractivity contribution in [2.45, 2.75) is 59.5 Å². The molecule has 0 unspecified atom stereocenters. The van der Waals surface area contributed by atoms with Gasteiger partial charge >= 0.3 is 0 Å². The first-order valence-corrected chi connectivity index (χ1v) is 6.61. The van der Waals surface area contributed by atoms with E-state index in [-0.39, 0.29) is 5.41 Å². The van der Waals surface area contributed by atoms with Crippen molar-refractivity contribution < 1.29 is 4.74 Å². The van der Waals surface area contributed by atoms with E-state index in [1.54, 1.807) is 0 Å². The van der Waals surface area contributed by atoms with Crippen LogP contribution >= 0.6 is 0 Å². The summed E-state index contributed by atoms with van der Waals surface area (Å²) < 4.78 is 6.05. The predicted molar refractivity (Wildman–Crippen MR) is 69.7 cm³/mol. The summed E-state index contributed by atoms with van der Waals surface area (Å²) in [5.74, 6) is 0. The van der Waals surface area contributed by atoms with E-state index in [0.29, 0.717) is 11.5 Å². The van der Waals surface area contributed by atoms with Crippen LogP contribution in [0.5, 0.6) is 0 Å². The lowest BCUT2D eigenvalue weighted by atomic mass is 9.76. The molecule has 96 valence electrons. The highest BCUT2D eigenvalue weighted by atomic mass is 16.5. The van der Waals surface area contributed by atoms with Gasteiger partial charge in [0.15, 0.2) is 0 Å². The number of hydrogen-bond donors (Lipinski definition) is 1. The molecule has 0 aromatic carbocycles. The molecule has 16 heavy (non-hydrogen) atoms. The molecule has 0 spiro atoms. The summed E-state index contributed by atoms with van der Waals surface area (Å²) in [6, 6.07) is 0. The second kappa shape index (κ2) is 5.50. The molecule has 0 bridgehead atoms. The van der Waals surface area contributed by atoms with Crippen LogP contribution in [0, 0.1) is 10.8 Å². The van der Waals surface area contributed by atoms with Crippen LogP contribution in [-0.4, -0.2) is 26.3 Å². The van der Waals surface area contributed by atoms with Gasteiger partial charge in [-0.1, -0.05) is 27.7 Å². The van der Waals surface area contributed by atoms with Crippen molar-refractivity contribution in [1.82, 2.24) is 5.32 Å². The standard InChI is InChI=1S/C14H29NO/c1-13(2)8-6-12(7-9-13)16-11-14(3,4)10-15-5/h12,15H,6-11H2,1-5H3. The Morgan fingerprint density at radius 3 is 2.31 bits per heavy atom. The molecule has 1 aliphatic rings. The van der Waals surface area contributed by atoms with Crippen molar-refractivity contribution in [3.63, 3.8) is 0 Å². The Balaban J connectivity index is 2.24. The molecular formula is C14H29NO. The van der Waals surface area contributed by atoms with Crippen molar-refractivity contribution in [3.05, 3.63) is 0 Å². The molecule has 1 N–H and O–H groups in total. The third-order valence-electron chi connectivity index (χ3n) is 3.65. The van der Waals surface area contributed by atoms with Gasteiger partial charge in [-0.05, 0) is 38.1 Å². The van der Waals surface area contributed by atoms with E-state index in [0.717, 1.165) is 13.2 Å². The van der Waals surface area contributed by atoms with Crippen LogP contribution in [0.2, 0.25) is 0 Å². The molecule has 1 saturated carbocycles. The highest BCUT2D eigenvalue weighted by molar-refractivity contribution is 4.80. The van der Waals surface area contributed by atoms with Crippen molar-refractivity contribution in [1.29, 1.82) is 0 Å². The fourth-order valence-electron chi connectivity index (χ4n) is 2.41. The molecular weight excluding hydrogens is 198 g/mol. The van der Waals surface area contributed by atoms with Crippen LogP contribution in [0.15, 0.2) is 0 Å². The Bertz CT molecular complexity index is 201. The Morgan fingerprint density at radius 2 is 1.81 bits per heavy atom. The van der Waals surface area contributed by atoms with Gasteiger partial charge in [0.1, 0.15) is 0 Å². The lowest BCUT2D eigenvalue weighted by Crippen LogP contribution is -2.34.